The fraction of sp³-hybridized carbons (Fsp3) is 0. The molecular formula is C5H4BClINO2. The van der Waals surface area contributed by atoms with Gasteiger partial charge in [-0.25, -0.2) is 4.98 Å². The number of nitrogens with zero attached hydrogens (tertiary/aromatic N) is 1. The predicted octanol–water partition coefficient (Wildman–Crippen LogP) is 0.0194. The predicted molar refractivity (Wildman–Crippen MR) is 51.8 cm³/mol. The van der Waals surface area contributed by atoms with Gasteiger partial charge in [-0.1, -0.05) is 11.6 Å². The van der Waals surface area contributed by atoms with Gasteiger partial charge in [0, 0.05) is 11.7 Å². The summed E-state index contributed by atoms with van der Waals surface area (Å²) in [6.45, 7) is 0. The molecule has 0 spiro atoms. The summed E-state index contributed by atoms with van der Waals surface area (Å²) in [5, 5.41) is 17.8. The number of rotatable bonds is 1. The highest BCUT2D eigenvalue weighted by Gasteiger charge is 2.12. The lowest BCUT2D eigenvalue weighted by molar-refractivity contribution is 0.425. The Morgan fingerprint density at radius 1 is 1.55 bits per heavy atom. The van der Waals surface area contributed by atoms with Gasteiger partial charge in [0.15, 0.2) is 0 Å². The van der Waals surface area contributed by atoms with Gasteiger partial charge in [0.05, 0.1) is 3.57 Å². The first-order chi connectivity index (χ1) is 5.11. The minimum absolute atomic E-state index is 0.346. The van der Waals surface area contributed by atoms with Crippen molar-refractivity contribution in [2.75, 3.05) is 0 Å². The van der Waals surface area contributed by atoms with Crippen LogP contribution >= 0.6 is 34.2 Å². The second-order valence-corrected chi connectivity index (χ2v) is 3.44. The number of halogens is 2. The molecule has 0 unspecified atom stereocenters. The molecule has 0 radical (unpaired) electrons. The molecule has 0 amide bonds. The van der Waals surface area contributed by atoms with Crippen LogP contribution in [-0.2, 0) is 0 Å². The topological polar surface area (TPSA) is 53.4 Å². The minimum atomic E-state index is -1.48. The molecule has 2 N–H and O–H groups in total. The summed E-state index contributed by atoms with van der Waals surface area (Å²) < 4.78 is 0.704. The van der Waals surface area contributed by atoms with E-state index in [0.717, 1.165) is 0 Å². The Bertz CT molecular complexity index is 271. The van der Waals surface area contributed by atoms with E-state index in [4.69, 9.17) is 21.6 Å². The SMILES string of the molecule is OB(O)c1cnc(Cl)c(I)c1. The second kappa shape index (κ2) is 3.71. The highest BCUT2D eigenvalue weighted by molar-refractivity contribution is 14.1. The van der Waals surface area contributed by atoms with E-state index in [1.54, 1.807) is 6.07 Å². The van der Waals surface area contributed by atoms with Crippen LogP contribution in [0.15, 0.2) is 12.3 Å². The lowest BCUT2D eigenvalue weighted by atomic mass is 9.82. The fourth-order valence-corrected chi connectivity index (χ4v) is 1.18. The zero-order chi connectivity index (χ0) is 8.43. The molecule has 1 aromatic heterocycles. The summed E-state index contributed by atoms with van der Waals surface area (Å²) in [4.78, 5) is 3.74. The van der Waals surface area contributed by atoms with Crippen molar-refractivity contribution < 1.29 is 10.0 Å². The van der Waals surface area contributed by atoms with Gasteiger partial charge < -0.3 is 10.0 Å². The van der Waals surface area contributed by atoms with E-state index in [2.05, 4.69) is 4.98 Å². The standard InChI is InChI=1S/C5H4BClINO2/c7-5-4(8)1-3(2-9-5)6(10)11/h1-2,10-11H. The summed E-state index contributed by atoms with van der Waals surface area (Å²) >= 11 is 7.57. The van der Waals surface area contributed by atoms with Crippen molar-refractivity contribution >= 4 is 46.8 Å². The first-order valence-corrected chi connectivity index (χ1v) is 4.24. The van der Waals surface area contributed by atoms with Crippen LogP contribution in [-0.4, -0.2) is 22.2 Å². The molecule has 0 saturated carbocycles. The van der Waals surface area contributed by atoms with Crippen LogP contribution < -0.4 is 5.46 Å². The van der Waals surface area contributed by atoms with E-state index < -0.39 is 7.12 Å². The van der Waals surface area contributed by atoms with Gasteiger partial charge in [-0.2, -0.15) is 0 Å². The van der Waals surface area contributed by atoms with Crippen LogP contribution in [0, 0.1) is 3.57 Å². The van der Waals surface area contributed by atoms with E-state index in [9.17, 15) is 0 Å². The Kier molecular flexibility index (Phi) is 3.11. The zero-order valence-electron chi connectivity index (χ0n) is 5.33. The largest absolute Gasteiger partial charge is 0.490 e. The molecule has 0 bridgehead atoms. The third-order valence-corrected chi connectivity index (χ3v) is 2.56. The number of hydrogen-bond donors (Lipinski definition) is 2. The normalized spacial score (nSPS) is 9.82. The van der Waals surface area contributed by atoms with Crippen molar-refractivity contribution in [2.45, 2.75) is 0 Å². The van der Waals surface area contributed by atoms with Crippen molar-refractivity contribution in [3.63, 3.8) is 0 Å². The van der Waals surface area contributed by atoms with Crippen LogP contribution in [0.5, 0.6) is 0 Å². The van der Waals surface area contributed by atoms with Crippen molar-refractivity contribution in [3.05, 3.63) is 21.0 Å². The monoisotopic (exact) mass is 283 g/mol. The molecule has 1 heterocycles. The number of aromatic nitrogens is 1. The van der Waals surface area contributed by atoms with Gasteiger partial charge in [-0.05, 0) is 28.7 Å². The van der Waals surface area contributed by atoms with Crippen molar-refractivity contribution in [1.29, 1.82) is 0 Å². The molecule has 6 heteroatoms. The Morgan fingerprint density at radius 2 is 2.18 bits per heavy atom. The lowest BCUT2D eigenvalue weighted by Crippen LogP contribution is -2.30. The molecule has 0 aliphatic carbocycles. The van der Waals surface area contributed by atoms with Gasteiger partial charge in [-0.3, -0.25) is 0 Å². The van der Waals surface area contributed by atoms with Gasteiger partial charge >= 0.3 is 7.12 Å². The van der Waals surface area contributed by atoms with Crippen molar-refractivity contribution in [1.82, 2.24) is 4.98 Å². The van der Waals surface area contributed by atoms with Crippen LogP contribution in [0.2, 0.25) is 5.15 Å². The highest BCUT2D eigenvalue weighted by Crippen LogP contribution is 2.12. The summed E-state index contributed by atoms with van der Waals surface area (Å²) in [5.41, 5.74) is 0.346. The van der Waals surface area contributed by atoms with Gasteiger partial charge in [-0.15, -0.1) is 0 Å². The summed E-state index contributed by atoms with van der Waals surface area (Å²) in [6, 6.07) is 1.57. The molecular weight excluding hydrogens is 279 g/mol. The molecule has 0 fully saturated rings. The number of hydrogen-bond acceptors (Lipinski definition) is 3. The molecule has 0 aromatic carbocycles. The lowest BCUT2D eigenvalue weighted by Gasteiger charge is -1.99. The molecule has 0 aliphatic rings. The molecule has 58 valence electrons. The smallest absolute Gasteiger partial charge is 0.423 e. The van der Waals surface area contributed by atoms with Gasteiger partial charge in [0.1, 0.15) is 5.15 Å². The Labute approximate surface area is 82.7 Å². The molecule has 0 saturated heterocycles. The molecule has 1 aromatic rings. The zero-order valence-corrected chi connectivity index (χ0v) is 8.24. The van der Waals surface area contributed by atoms with Crippen molar-refractivity contribution in [2.24, 2.45) is 0 Å². The van der Waals surface area contributed by atoms with Crippen LogP contribution in [0.4, 0.5) is 0 Å². The summed E-state index contributed by atoms with van der Waals surface area (Å²) in [5.74, 6) is 0. The first-order valence-electron chi connectivity index (χ1n) is 2.78. The first kappa shape index (κ1) is 9.24. The quantitative estimate of drug-likeness (QED) is 0.434. The summed E-state index contributed by atoms with van der Waals surface area (Å²) in [7, 11) is -1.48. The number of pyridine rings is 1. The molecule has 3 nitrogen and oxygen atoms in total. The molecule has 0 atom stereocenters. The van der Waals surface area contributed by atoms with Gasteiger partial charge in [0.25, 0.3) is 0 Å². The summed E-state index contributed by atoms with van der Waals surface area (Å²) in [6.07, 6.45) is 1.33. The molecule has 0 aliphatic heterocycles. The van der Waals surface area contributed by atoms with E-state index in [-0.39, 0.29) is 0 Å². The van der Waals surface area contributed by atoms with E-state index >= 15 is 0 Å². The Hall–Kier alpha value is 0.155. The minimum Gasteiger partial charge on any atom is -0.423 e. The average Bonchev–Trinajstić information content (AvgIpc) is 1.94. The third-order valence-electron chi connectivity index (χ3n) is 1.12. The van der Waals surface area contributed by atoms with Crippen LogP contribution in [0.25, 0.3) is 0 Å². The maximum atomic E-state index is 8.71. The van der Waals surface area contributed by atoms with Gasteiger partial charge in [0.2, 0.25) is 0 Å². The Balaban J connectivity index is 3.05. The molecule has 11 heavy (non-hydrogen) atoms. The second-order valence-electron chi connectivity index (χ2n) is 1.91. The maximum Gasteiger partial charge on any atom is 0.490 e. The molecule has 1 rings (SSSR count). The van der Waals surface area contributed by atoms with Crippen LogP contribution in [0.1, 0.15) is 0 Å². The maximum absolute atomic E-state index is 8.71. The Morgan fingerprint density at radius 3 is 2.64 bits per heavy atom. The van der Waals surface area contributed by atoms with E-state index in [1.165, 1.54) is 6.20 Å². The third kappa shape index (κ3) is 2.29. The van der Waals surface area contributed by atoms with E-state index in [0.29, 0.717) is 14.2 Å². The van der Waals surface area contributed by atoms with Crippen LogP contribution in [0.3, 0.4) is 0 Å². The van der Waals surface area contributed by atoms with E-state index in [1.807, 2.05) is 22.6 Å². The van der Waals surface area contributed by atoms with Crippen molar-refractivity contribution in [3.8, 4) is 0 Å². The fourth-order valence-electron chi connectivity index (χ4n) is 0.577. The average molecular weight is 283 g/mol. The highest BCUT2D eigenvalue weighted by atomic mass is 127.